The molecule has 0 spiro atoms. The quantitative estimate of drug-likeness (QED) is 0.598. The standard InChI is InChI=1S/C22H28N4O3S/c1-4-11-26-22-17(14-23-26)8-9-19(24-22)18-6-5-12-25(15-18)30(27,28)21-13-16(2)7-10-20(21)29-3/h7-10,13-14,18H,4-6,11-12,15H2,1-3H3/t18-/m1/s1. The van der Waals surface area contributed by atoms with E-state index in [-0.39, 0.29) is 10.8 Å². The summed E-state index contributed by atoms with van der Waals surface area (Å²) in [5.74, 6) is 0.435. The zero-order valence-corrected chi connectivity index (χ0v) is 18.5. The van der Waals surface area contributed by atoms with Crippen molar-refractivity contribution >= 4 is 21.1 Å². The van der Waals surface area contributed by atoms with Gasteiger partial charge in [0.1, 0.15) is 10.6 Å². The molecule has 0 bridgehead atoms. The molecule has 160 valence electrons. The molecular weight excluding hydrogens is 400 g/mol. The maximum absolute atomic E-state index is 13.4. The summed E-state index contributed by atoms with van der Waals surface area (Å²) in [6.07, 6.45) is 4.53. The predicted octanol–water partition coefficient (Wildman–Crippen LogP) is 3.73. The lowest BCUT2D eigenvalue weighted by Gasteiger charge is -2.32. The summed E-state index contributed by atoms with van der Waals surface area (Å²) in [6, 6.07) is 9.30. The minimum absolute atomic E-state index is 0.0544. The number of nitrogens with zero attached hydrogens (tertiary/aromatic N) is 4. The highest BCUT2D eigenvalue weighted by Gasteiger charge is 2.33. The summed E-state index contributed by atoms with van der Waals surface area (Å²) in [6.45, 7) is 5.74. The van der Waals surface area contributed by atoms with E-state index in [1.54, 1.807) is 16.4 Å². The first-order valence-electron chi connectivity index (χ1n) is 10.4. The van der Waals surface area contributed by atoms with Crippen LogP contribution in [0.1, 0.15) is 43.4 Å². The smallest absolute Gasteiger partial charge is 0.246 e. The van der Waals surface area contributed by atoms with Crippen LogP contribution in [0.3, 0.4) is 0 Å². The largest absolute Gasteiger partial charge is 0.495 e. The number of sulfonamides is 1. The SMILES string of the molecule is CCCn1ncc2ccc([C@@H]3CCCN(S(=O)(=O)c4cc(C)ccc4OC)C3)nc21. The van der Waals surface area contributed by atoms with Crippen LogP contribution in [0.4, 0.5) is 0 Å². The van der Waals surface area contributed by atoms with Crippen molar-refractivity contribution in [2.75, 3.05) is 20.2 Å². The van der Waals surface area contributed by atoms with Crippen molar-refractivity contribution in [1.29, 1.82) is 0 Å². The Labute approximate surface area is 177 Å². The maximum atomic E-state index is 13.4. The van der Waals surface area contributed by atoms with Gasteiger partial charge in [0.25, 0.3) is 0 Å². The van der Waals surface area contributed by atoms with Gasteiger partial charge in [-0.2, -0.15) is 9.40 Å². The summed E-state index contributed by atoms with van der Waals surface area (Å²) in [7, 11) is -2.15. The molecule has 0 N–H and O–H groups in total. The molecule has 0 saturated carbocycles. The third-order valence-corrected chi connectivity index (χ3v) is 7.57. The third-order valence-electron chi connectivity index (χ3n) is 5.68. The zero-order valence-electron chi connectivity index (χ0n) is 17.7. The number of ether oxygens (including phenoxy) is 1. The molecule has 2 aromatic heterocycles. The van der Waals surface area contributed by atoms with E-state index in [1.807, 2.05) is 36.0 Å². The Morgan fingerprint density at radius 3 is 2.83 bits per heavy atom. The second-order valence-electron chi connectivity index (χ2n) is 7.87. The van der Waals surface area contributed by atoms with Crippen LogP contribution in [0.25, 0.3) is 11.0 Å². The Kier molecular flexibility index (Phi) is 5.79. The zero-order chi connectivity index (χ0) is 21.3. The lowest BCUT2D eigenvalue weighted by molar-refractivity contribution is 0.311. The van der Waals surface area contributed by atoms with Gasteiger partial charge in [0.2, 0.25) is 10.0 Å². The number of aryl methyl sites for hydroxylation is 2. The van der Waals surface area contributed by atoms with Crippen LogP contribution in [-0.2, 0) is 16.6 Å². The van der Waals surface area contributed by atoms with Gasteiger partial charge < -0.3 is 4.74 Å². The van der Waals surface area contributed by atoms with Gasteiger partial charge in [-0.1, -0.05) is 13.0 Å². The van der Waals surface area contributed by atoms with E-state index in [9.17, 15) is 8.42 Å². The number of hydrogen-bond donors (Lipinski definition) is 0. The van der Waals surface area contributed by atoms with Crippen LogP contribution in [0.2, 0.25) is 0 Å². The molecule has 0 radical (unpaired) electrons. The first kappa shape index (κ1) is 20.8. The second-order valence-corrected chi connectivity index (χ2v) is 9.78. The van der Waals surface area contributed by atoms with E-state index in [0.29, 0.717) is 18.8 Å². The van der Waals surface area contributed by atoms with Crippen LogP contribution < -0.4 is 4.74 Å². The first-order valence-corrected chi connectivity index (χ1v) is 11.8. The third kappa shape index (κ3) is 3.81. The molecule has 1 fully saturated rings. The fourth-order valence-electron chi connectivity index (χ4n) is 4.10. The molecule has 1 aliphatic heterocycles. The first-order chi connectivity index (χ1) is 14.4. The Balaban J connectivity index is 1.64. The number of aromatic nitrogens is 3. The van der Waals surface area contributed by atoms with Crippen molar-refractivity contribution in [3.05, 3.63) is 47.8 Å². The van der Waals surface area contributed by atoms with Crippen LogP contribution in [-0.4, -0.2) is 47.7 Å². The number of rotatable bonds is 6. The molecule has 0 unspecified atom stereocenters. The average molecular weight is 429 g/mol. The molecule has 1 aromatic carbocycles. The molecule has 3 heterocycles. The van der Waals surface area contributed by atoms with Crippen LogP contribution in [0, 0.1) is 6.92 Å². The molecule has 1 atom stereocenters. The van der Waals surface area contributed by atoms with Crippen LogP contribution >= 0.6 is 0 Å². The van der Waals surface area contributed by atoms with E-state index in [1.165, 1.54) is 7.11 Å². The summed E-state index contributed by atoms with van der Waals surface area (Å²) in [5.41, 5.74) is 2.69. The van der Waals surface area contributed by atoms with Crippen molar-refractivity contribution < 1.29 is 13.2 Å². The minimum atomic E-state index is -3.65. The van der Waals surface area contributed by atoms with Crippen molar-refractivity contribution in [3.8, 4) is 5.75 Å². The number of benzene rings is 1. The monoisotopic (exact) mass is 428 g/mol. The Morgan fingerprint density at radius 2 is 2.07 bits per heavy atom. The molecule has 8 heteroatoms. The van der Waals surface area contributed by atoms with Crippen molar-refractivity contribution in [2.24, 2.45) is 0 Å². The number of hydrogen-bond acceptors (Lipinski definition) is 5. The van der Waals surface area contributed by atoms with Gasteiger partial charge >= 0.3 is 0 Å². The molecule has 0 aliphatic carbocycles. The fourth-order valence-corrected chi connectivity index (χ4v) is 5.86. The molecule has 0 amide bonds. The van der Waals surface area contributed by atoms with Gasteiger partial charge in [0.05, 0.1) is 13.3 Å². The number of methoxy groups -OCH3 is 1. The number of fused-ring (bicyclic) bond motifs is 1. The van der Waals surface area contributed by atoms with E-state index >= 15 is 0 Å². The summed E-state index contributed by atoms with van der Waals surface area (Å²) in [5, 5.41) is 5.44. The summed E-state index contributed by atoms with van der Waals surface area (Å²) >= 11 is 0. The molecule has 1 aliphatic rings. The van der Waals surface area contributed by atoms with Gasteiger partial charge in [-0.3, -0.25) is 0 Å². The van der Waals surface area contributed by atoms with Gasteiger partial charge in [-0.25, -0.2) is 18.1 Å². The molecule has 30 heavy (non-hydrogen) atoms. The van der Waals surface area contributed by atoms with E-state index in [2.05, 4.69) is 12.0 Å². The molecule has 7 nitrogen and oxygen atoms in total. The average Bonchev–Trinajstić information content (AvgIpc) is 3.16. The van der Waals surface area contributed by atoms with E-state index < -0.39 is 10.0 Å². The Hall–Kier alpha value is -2.45. The molecular formula is C22H28N4O3S. The van der Waals surface area contributed by atoms with Crippen molar-refractivity contribution in [2.45, 2.75) is 50.5 Å². The molecule has 3 aromatic rings. The highest BCUT2D eigenvalue weighted by Crippen LogP contribution is 2.33. The lowest BCUT2D eigenvalue weighted by Crippen LogP contribution is -2.39. The van der Waals surface area contributed by atoms with Gasteiger partial charge in [0, 0.05) is 36.6 Å². The minimum Gasteiger partial charge on any atom is -0.495 e. The molecule has 4 rings (SSSR count). The normalized spacial score (nSPS) is 18.0. The van der Waals surface area contributed by atoms with Gasteiger partial charge in [-0.15, -0.1) is 0 Å². The highest BCUT2D eigenvalue weighted by atomic mass is 32.2. The predicted molar refractivity (Wildman–Crippen MR) is 116 cm³/mol. The maximum Gasteiger partial charge on any atom is 0.246 e. The van der Waals surface area contributed by atoms with Crippen LogP contribution in [0.15, 0.2) is 41.4 Å². The topological polar surface area (TPSA) is 77.3 Å². The Morgan fingerprint density at radius 1 is 1.23 bits per heavy atom. The van der Waals surface area contributed by atoms with Gasteiger partial charge in [-0.05, 0) is 56.0 Å². The van der Waals surface area contributed by atoms with Crippen molar-refractivity contribution in [3.63, 3.8) is 0 Å². The van der Waals surface area contributed by atoms with Crippen molar-refractivity contribution in [1.82, 2.24) is 19.1 Å². The van der Waals surface area contributed by atoms with E-state index in [0.717, 1.165) is 48.1 Å². The number of pyridine rings is 1. The number of piperidine rings is 1. The van der Waals surface area contributed by atoms with Crippen LogP contribution in [0.5, 0.6) is 5.75 Å². The summed E-state index contributed by atoms with van der Waals surface area (Å²) < 4.78 is 35.7. The van der Waals surface area contributed by atoms with Gasteiger partial charge in [0.15, 0.2) is 5.65 Å². The second kappa shape index (κ2) is 8.35. The van der Waals surface area contributed by atoms with E-state index in [4.69, 9.17) is 9.72 Å². The summed E-state index contributed by atoms with van der Waals surface area (Å²) in [4.78, 5) is 5.10. The fraction of sp³-hybridized carbons (Fsp3) is 0.455. The molecule has 1 saturated heterocycles. The Bertz CT molecular complexity index is 1160. The highest BCUT2D eigenvalue weighted by molar-refractivity contribution is 7.89. The lowest BCUT2D eigenvalue weighted by atomic mass is 9.95.